The molecule has 28 heavy (non-hydrogen) atoms. The van der Waals surface area contributed by atoms with Crippen molar-refractivity contribution in [2.45, 2.75) is 82.4 Å². The van der Waals surface area contributed by atoms with Crippen LogP contribution in [0.25, 0.3) is 0 Å². The van der Waals surface area contributed by atoms with E-state index in [1.165, 1.54) is 0 Å². The first kappa shape index (κ1) is 24.3. The number of aliphatic hydroxyl groups excluding tert-OH is 3. The lowest BCUT2D eigenvalue weighted by Crippen LogP contribution is -2.25. The Morgan fingerprint density at radius 2 is 1.82 bits per heavy atom. The summed E-state index contributed by atoms with van der Waals surface area (Å²) in [5.41, 5.74) is 0. The summed E-state index contributed by atoms with van der Waals surface area (Å²) in [6.07, 6.45) is 15.1. The van der Waals surface area contributed by atoms with E-state index in [-0.39, 0.29) is 6.42 Å². The highest BCUT2D eigenvalue weighted by molar-refractivity contribution is 5.66. The van der Waals surface area contributed by atoms with Crippen LogP contribution in [0, 0.1) is 0 Å². The van der Waals surface area contributed by atoms with Gasteiger partial charge in [0, 0.05) is 12.8 Å². The molecule has 1 fully saturated rings. The predicted octanol–water partition coefficient (Wildman–Crippen LogP) is 2.90. The third-order valence-corrected chi connectivity index (χ3v) is 4.42. The molecule has 6 nitrogen and oxygen atoms in total. The van der Waals surface area contributed by atoms with Crippen molar-refractivity contribution < 1.29 is 30.0 Å². The van der Waals surface area contributed by atoms with Crippen molar-refractivity contribution in [1.82, 2.24) is 0 Å². The largest absolute Gasteiger partial charge is 0.481 e. The van der Waals surface area contributed by atoms with Crippen molar-refractivity contribution in [3.05, 3.63) is 48.6 Å². The quantitative estimate of drug-likeness (QED) is 0.358. The molecule has 0 spiro atoms. The van der Waals surface area contributed by atoms with Crippen molar-refractivity contribution in [3.63, 3.8) is 0 Å². The third kappa shape index (κ3) is 10.6. The zero-order valence-electron chi connectivity index (χ0n) is 16.6. The molecule has 158 valence electrons. The first-order valence-corrected chi connectivity index (χ1v) is 9.98. The highest BCUT2D eigenvalue weighted by Crippen LogP contribution is 2.25. The Morgan fingerprint density at radius 3 is 2.54 bits per heavy atom. The van der Waals surface area contributed by atoms with E-state index in [1.54, 1.807) is 24.3 Å². The van der Waals surface area contributed by atoms with Crippen LogP contribution in [0.2, 0.25) is 0 Å². The van der Waals surface area contributed by atoms with E-state index in [0.717, 1.165) is 12.8 Å². The second kappa shape index (κ2) is 14.3. The normalized spacial score (nSPS) is 25.5. The van der Waals surface area contributed by atoms with Crippen LogP contribution in [0.1, 0.15) is 51.9 Å². The van der Waals surface area contributed by atoms with Crippen molar-refractivity contribution in [3.8, 4) is 0 Å². The van der Waals surface area contributed by atoms with E-state index in [2.05, 4.69) is 19.1 Å². The van der Waals surface area contributed by atoms with Gasteiger partial charge in [0.25, 0.3) is 0 Å². The number of hydrogen-bond donors (Lipinski definition) is 4. The second-order valence-corrected chi connectivity index (χ2v) is 6.92. The Labute approximate surface area is 167 Å². The van der Waals surface area contributed by atoms with Gasteiger partial charge in [-0.2, -0.15) is 0 Å². The number of aliphatic carboxylic acids is 1. The van der Waals surface area contributed by atoms with Gasteiger partial charge < -0.3 is 25.2 Å². The van der Waals surface area contributed by atoms with Crippen molar-refractivity contribution in [1.29, 1.82) is 0 Å². The van der Waals surface area contributed by atoms with Gasteiger partial charge in [0.15, 0.2) is 0 Å². The minimum absolute atomic E-state index is 0.0606. The Bertz CT molecular complexity index is 551. The topological polar surface area (TPSA) is 107 Å². The smallest absolute Gasteiger partial charge is 0.303 e. The van der Waals surface area contributed by atoms with E-state index in [4.69, 9.17) is 9.84 Å². The molecule has 0 radical (unpaired) electrons. The highest BCUT2D eigenvalue weighted by Gasteiger charge is 2.35. The molecule has 1 heterocycles. The highest BCUT2D eigenvalue weighted by atomic mass is 16.5. The molecule has 0 aromatic rings. The van der Waals surface area contributed by atoms with E-state index < -0.39 is 36.5 Å². The number of carboxylic acid groups (broad SMARTS) is 1. The average molecular weight is 395 g/mol. The number of ether oxygens (including phenoxy) is 1. The maximum atomic E-state index is 10.4. The molecule has 1 saturated heterocycles. The van der Waals surface area contributed by atoms with E-state index in [9.17, 15) is 20.1 Å². The Hall–Kier alpha value is -1.73. The van der Waals surface area contributed by atoms with E-state index in [1.807, 2.05) is 12.2 Å². The van der Waals surface area contributed by atoms with Crippen LogP contribution in [-0.2, 0) is 9.53 Å². The van der Waals surface area contributed by atoms with E-state index in [0.29, 0.717) is 25.7 Å². The molecular weight excluding hydrogens is 360 g/mol. The Balaban J connectivity index is 2.34. The maximum Gasteiger partial charge on any atom is 0.303 e. The fraction of sp³-hybridized carbons (Fsp3) is 0.591. The van der Waals surface area contributed by atoms with Crippen molar-refractivity contribution in [2.24, 2.45) is 0 Å². The first-order valence-electron chi connectivity index (χ1n) is 9.98. The van der Waals surface area contributed by atoms with Gasteiger partial charge in [0.05, 0.1) is 24.4 Å². The zero-order valence-corrected chi connectivity index (χ0v) is 16.6. The lowest BCUT2D eigenvalue weighted by atomic mass is 10.0. The number of aliphatic hydroxyl groups is 3. The third-order valence-electron chi connectivity index (χ3n) is 4.42. The molecule has 0 aromatic carbocycles. The fourth-order valence-corrected chi connectivity index (χ4v) is 2.84. The Kier molecular flexibility index (Phi) is 12.4. The number of allylic oxidation sites excluding steroid dienone is 4. The molecular formula is C22H34O6. The second-order valence-electron chi connectivity index (χ2n) is 6.92. The Morgan fingerprint density at radius 1 is 1.11 bits per heavy atom. The van der Waals surface area contributed by atoms with E-state index >= 15 is 0 Å². The van der Waals surface area contributed by atoms with Crippen molar-refractivity contribution >= 4 is 5.97 Å². The lowest BCUT2D eigenvalue weighted by Gasteiger charge is -2.16. The van der Waals surface area contributed by atoms with Gasteiger partial charge in [0.1, 0.15) is 6.10 Å². The van der Waals surface area contributed by atoms with Crippen molar-refractivity contribution in [2.75, 3.05) is 0 Å². The summed E-state index contributed by atoms with van der Waals surface area (Å²) in [6, 6.07) is 0. The minimum atomic E-state index is -0.854. The predicted molar refractivity (Wildman–Crippen MR) is 109 cm³/mol. The summed E-state index contributed by atoms with van der Waals surface area (Å²) < 4.78 is 5.70. The molecule has 6 heteroatoms. The molecule has 0 bridgehead atoms. The van der Waals surface area contributed by atoms with Gasteiger partial charge in [0.2, 0.25) is 0 Å². The molecule has 0 unspecified atom stereocenters. The molecule has 4 N–H and O–H groups in total. The van der Waals surface area contributed by atoms with Gasteiger partial charge in [-0.25, -0.2) is 0 Å². The van der Waals surface area contributed by atoms with Crippen LogP contribution in [0.3, 0.4) is 0 Å². The lowest BCUT2D eigenvalue weighted by molar-refractivity contribution is -0.136. The van der Waals surface area contributed by atoms with Crippen LogP contribution >= 0.6 is 0 Å². The van der Waals surface area contributed by atoms with Crippen LogP contribution in [0.15, 0.2) is 48.6 Å². The standard InChI is InChI=1S/C22H34O6/c1-2-3-4-5-6-8-11-17(23)14-15-20-19(25)16-21(28-20)18(24)12-9-7-10-13-22(26)27/h3-4,6-9,14-15,17-21,23-25H,2,5,10-13,16H2,1H3,(H,26,27)/b4-3-,8-6-,9-7-,15-14+/t17-,18+,19+,20-,21+/m1/s1. The summed E-state index contributed by atoms with van der Waals surface area (Å²) in [5, 5.41) is 38.9. The van der Waals surface area contributed by atoms with Crippen LogP contribution < -0.4 is 0 Å². The molecule has 0 saturated carbocycles. The average Bonchev–Trinajstić information content (AvgIpc) is 3.03. The fourth-order valence-electron chi connectivity index (χ4n) is 2.84. The van der Waals surface area contributed by atoms with Gasteiger partial charge in [-0.3, -0.25) is 4.79 Å². The summed E-state index contributed by atoms with van der Waals surface area (Å²) in [5.74, 6) is -0.854. The summed E-state index contributed by atoms with van der Waals surface area (Å²) >= 11 is 0. The summed E-state index contributed by atoms with van der Waals surface area (Å²) in [7, 11) is 0. The number of carbonyl (C=O) groups is 1. The molecule has 0 aromatic heterocycles. The van der Waals surface area contributed by atoms with Gasteiger partial charge >= 0.3 is 5.97 Å². The van der Waals surface area contributed by atoms with Gasteiger partial charge in [-0.15, -0.1) is 0 Å². The molecule has 0 amide bonds. The number of rotatable bonds is 13. The molecule has 1 aliphatic rings. The van der Waals surface area contributed by atoms with Gasteiger partial charge in [-0.05, 0) is 32.1 Å². The maximum absolute atomic E-state index is 10.4. The summed E-state index contributed by atoms with van der Waals surface area (Å²) in [6.45, 7) is 2.08. The number of hydrogen-bond acceptors (Lipinski definition) is 5. The number of carboxylic acids is 1. The SMILES string of the molecule is CC/C=C\C/C=C\C[C@@H](O)/C=C/[C@H]1O[C@H]([C@@H](O)C/C=C\CCC(=O)O)C[C@@H]1O. The monoisotopic (exact) mass is 394 g/mol. The molecule has 1 rings (SSSR count). The summed E-state index contributed by atoms with van der Waals surface area (Å²) in [4.78, 5) is 10.4. The molecule has 1 aliphatic heterocycles. The zero-order chi connectivity index (χ0) is 20.8. The minimum Gasteiger partial charge on any atom is -0.481 e. The van der Waals surface area contributed by atoms with Crippen LogP contribution in [-0.4, -0.2) is 56.9 Å². The molecule has 5 atom stereocenters. The van der Waals surface area contributed by atoms with Gasteiger partial charge in [-0.1, -0.05) is 55.5 Å². The first-order chi connectivity index (χ1) is 13.4. The molecule has 0 aliphatic carbocycles. The van der Waals surface area contributed by atoms with Crippen LogP contribution in [0.5, 0.6) is 0 Å². The van der Waals surface area contributed by atoms with Crippen LogP contribution in [0.4, 0.5) is 0 Å².